The fraction of sp³-hybridized carbons (Fsp3) is 0.214. The monoisotopic (exact) mass is 247 g/mol. The number of furan rings is 1. The largest absolute Gasteiger partial charge is 0.467 e. The molecule has 3 nitrogen and oxygen atoms in total. The first-order valence-corrected chi connectivity index (χ1v) is 5.77. The number of benzene rings is 1. The van der Waals surface area contributed by atoms with Crippen LogP contribution in [0.2, 0.25) is 0 Å². The van der Waals surface area contributed by atoms with Gasteiger partial charge in [0.15, 0.2) is 6.29 Å². The van der Waals surface area contributed by atoms with Crippen LogP contribution in [0.15, 0.2) is 41.0 Å². The summed E-state index contributed by atoms with van der Waals surface area (Å²) in [6.45, 7) is 2.93. The van der Waals surface area contributed by atoms with Crippen LogP contribution in [-0.4, -0.2) is 12.8 Å². The van der Waals surface area contributed by atoms with Crippen LogP contribution in [-0.2, 0) is 6.54 Å². The summed E-state index contributed by atoms with van der Waals surface area (Å²) < 4.78 is 19.1. The van der Waals surface area contributed by atoms with Crippen molar-refractivity contribution < 1.29 is 13.6 Å². The summed E-state index contributed by atoms with van der Waals surface area (Å²) in [5.74, 6) is 0.338. The quantitative estimate of drug-likeness (QED) is 0.760. The molecule has 0 unspecified atom stereocenters. The summed E-state index contributed by atoms with van der Waals surface area (Å²) in [5, 5.41) is 0. The zero-order chi connectivity index (χ0) is 13.0. The molecule has 18 heavy (non-hydrogen) atoms. The minimum Gasteiger partial charge on any atom is -0.467 e. The summed E-state index contributed by atoms with van der Waals surface area (Å²) in [7, 11) is 0. The topological polar surface area (TPSA) is 33.5 Å². The predicted octanol–water partition coefficient (Wildman–Crippen LogP) is 3.26. The highest BCUT2D eigenvalue weighted by Gasteiger charge is 2.15. The molecule has 0 saturated heterocycles. The molecule has 1 aromatic carbocycles. The van der Waals surface area contributed by atoms with Gasteiger partial charge >= 0.3 is 0 Å². The third-order valence-corrected chi connectivity index (χ3v) is 2.77. The van der Waals surface area contributed by atoms with Crippen LogP contribution < -0.4 is 4.90 Å². The Bertz CT molecular complexity index is 523. The molecule has 0 N–H and O–H groups in total. The van der Waals surface area contributed by atoms with Crippen molar-refractivity contribution in [2.24, 2.45) is 0 Å². The van der Waals surface area contributed by atoms with Gasteiger partial charge in [-0.1, -0.05) is 6.07 Å². The molecule has 0 atom stereocenters. The highest BCUT2D eigenvalue weighted by atomic mass is 19.1. The van der Waals surface area contributed by atoms with E-state index in [1.54, 1.807) is 23.3 Å². The molecule has 0 amide bonds. The first-order chi connectivity index (χ1) is 8.76. The van der Waals surface area contributed by atoms with E-state index in [-0.39, 0.29) is 0 Å². The minimum atomic E-state index is -0.395. The molecule has 0 aliphatic rings. The van der Waals surface area contributed by atoms with Crippen molar-refractivity contribution in [3.05, 3.63) is 53.7 Å². The number of anilines is 1. The fourth-order valence-electron chi connectivity index (χ4n) is 1.90. The van der Waals surface area contributed by atoms with Crippen molar-refractivity contribution in [3.8, 4) is 0 Å². The lowest BCUT2D eigenvalue weighted by atomic mass is 10.1. The third kappa shape index (κ3) is 2.42. The van der Waals surface area contributed by atoms with E-state index >= 15 is 0 Å². The lowest BCUT2D eigenvalue weighted by Gasteiger charge is -2.23. The molecule has 1 aromatic heterocycles. The van der Waals surface area contributed by atoms with E-state index < -0.39 is 5.82 Å². The summed E-state index contributed by atoms with van der Waals surface area (Å²) in [6, 6.07) is 8.10. The minimum absolute atomic E-state index is 0.325. The molecule has 2 rings (SSSR count). The summed E-state index contributed by atoms with van der Waals surface area (Å²) in [6.07, 6.45) is 2.24. The normalized spacial score (nSPS) is 10.3. The number of carbonyl (C=O) groups excluding carboxylic acids is 1. The molecule has 0 aliphatic carbocycles. The average molecular weight is 247 g/mol. The summed E-state index contributed by atoms with van der Waals surface area (Å²) in [5.41, 5.74) is 0.676. The van der Waals surface area contributed by atoms with Crippen molar-refractivity contribution in [3.63, 3.8) is 0 Å². The maximum atomic E-state index is 13.9. The molecule has 0 saturated carbocycles. The number of carbonyl (C=O) groups is 1. The van der Waals surface area contributed by atoms with Gasteiger partial charge < -0.3 is 9.32 Å². The Kier molecular flexibility index (Phi) is 3.77. The number of aldehydes is 1. The number of rotatable bonds is 5. The Morgan fingerprint density at radius 3 is 2.78 bits per heavy atom. The van der Waals surface area contributed by atoms with E-state index in [2.05, 4.69) is 0 Å². The molecule has 0 radical (unpaired) electrons. The smallest absolute Gasteiger partial charge is 0.152 e. The van der Waals surface area contributed by atoms with Gasteiger partial charge in [-0.2, -0.15) is 0 Å². The number of halogens is 1. The van der Waals surface area contributed by atoms with E-state index in [0.29, 0.717) is 30.6 Å². The molecule has 0 bridgehead atoms. The molecule has 2 aromatic rings. The number of para-hydroxylation sites is 1. The Labute approximate surface area is 105 Å². The van der Waals surface area contributed by atoms with Crippen molar-refractivity contribution in [1.29, 1.82) is 0 Å². The lowest BCUT2D eigenvalue weighted by Crippen LogP contribution is -2.24. The van der Waals surface area contributed by atoms with Crippen molar-refractivity contribution in [2.75, 3.05) is 11.4 Å². The molecular formula is C14H14FNO2. The van der Waals surface area contributed by atoms with E-state index in [9.17, 15) is 9.18 Å². The van der Waals surface area contributed by atoms with Crippen LogP contribution in [0, 0.1) is 5.82 Å². The van der Waals surface area contributed by atoms with Crippen LogP contribution in [0.1, 0.15) is 23.0 Å². The zero-order valence-corrected chi connectivity index (χ0v) is 10.1. The number of hydrogen-bond donors (Lipinski definition) is 0. The molecule has 1 heterocycles. The lowest BCUT2D eigenvalue weighted by molar-refractivity contribution is 0.112. The van der Waals surface area contributed by atoms with E-state index in [1.165, 1.54) is 12.1 Å². The second-order valence-electron chi connectivity index (χ2n) is 3.89. The second kappa shape index (κ2) is 5.49. The van der Waals surface area contributed by atoms with Crippen molar-refractivity contribution >= 4 is 12.0 Å². The van der Waals surface area contributed by atoms with Crippen LogP contribution in [0.4, 0.5) is 10.1 Å². The maximum absolute atomic E-state index is 13.9. The Morgan fingerprint density at radius 2 is 2.17 bits per heavy atom. The SMILES string of the molecule is CCN(Cc1ccco1)c1c(F)cccc1C=O. The van der Waals surface area contributed by atoms with Crippen LogP contribution in [0.25, 0.3) is 0 Å². The molecule has 0 fully saturated rings. The molecular weight excluding hydrogens is 233 g/mol. The van der Waals surface area contributed by atoms with Gasteiger partial charge in [-0.3, -0.25) is 4.79 Å². The molecule has 0 aliphatic heterocycles. The fourth-order valence-corrected chi connectivity index (χ4v) is 1.90. The van der Waals surface area contributed by atoms with Crippen LogP contribution >= 0.6 is 0 Å². The number of nitrogens with zero attached hydrogens (tertiary/aromatic N) is 1. The second-order valence-corrected chi connectivity index (χ2v) is 3.89. The Hall–Kier alpha value is -2.10. The van der Waals surface area contributed by atoms with Gasteiger partial charge in [0.05, 0.1) is 18.5 Å². The summed E-state index contributed by atoms with van der Waals surface area (Å²) in [4.78, 5) is 12.8. The van der Waals surface area contributed by atoms with Crippen LogP contribution in [0.3, 0.4) is 0 Å². The van der Waals surface area contributed by atoms with Gasteiger partial charge in [0, 0.05) is 12.1 Å². The van der Waals surface area contributed by atoms with Crippen molar-refractivity contribution in [2.45, 2.75) is 13.5 Å². The average Bonchev–Trinajstić information content (AvgIpc) is 2.89. The Balaban J connectivity index is 2.35. The maximum Gasteiger partial charge on any atom is 0.152 e. The molecule has 94 valence electrons. The van der Waals surface area contributed by atoms with E-state index in [0.717, 1.165) is 5.76 Å². The van der Waals surface area contributed by atoms with Crippen LogP contribution in [0.5, 0.6) is 0 Å². The van der Waals surface area contributed by atoms with E-state index in [1.807, 2.05) is 13.0 Å². The van der Waals surface area contributed by atoms with Crippen molar-refractivity contribution in [1.82, 2.24) is 0 Å². The first kappa shape index (κ1) is 12.4. The van der Waals surface area contributed by atoms with Gasteiger partial charge in [-0.05, 0) is 31.2 Å². The highest BCUT2D eigenvalue weighted by Crippen LogP contribution is 2.24. The Morgan fingerprint density at radius 1 is 1.33 bits per heavy atom. The van der Waals surface area contributed by atoms with Gasteiger partial charge in [-0.15, -0.1) is 0 Å². The highest BCUT2D eigenvalue weighted by molar-refractivity contribution is 5.84. The molecule has 0 spiro atoms. The standard InChI is InChI=1S/C14H14FNO2/c1-2-16(9-12-6-4-8-18-12)14-11(10-17)5-3-7-13(14)15/h3-8,10H,2,9H2,1H3. The van der Waals surface area contributed by atoms with E-state index in [4.69, 9.17) is 4.42 Å². The number of hydrogen-bond acceptors (Lipinski definition) is 3. The first-order valence-electron chi connectivity index (χ1n) is 5.77. The van der Waals surface area contributed by atoms with Gasteiger partial charge in [0.1, 0.15) is 11.6 Å². The third-order valence-electron chi connectivity index (χ3n) is 2.77. The molecule has 4 heteroatoms. The summed E-state index contributed by atoms with van der Waals surface area (Å²) >= 11 is 0. The van der Waals surface area contributed by atoms with Gasteiger partial charge in [-0.25, -0.2) is 4.39 Å². The zero-order valence-electron chi connectivity index (χ0n) is 10.1. The van der Waals surface area contributed by atoms with Gasteiger partial charge in [0.25, 0.3) is 0 Å². The van der Waals surface area contributed by atoms with Gasteiger partial charge in [0.2, 0.25) is 0 Å². The predicted molar refractivity (Wildman–Crippen MR) is 67.2 cm³/mol.